The second kappa shape index (κ2) is 8.08. The van der Waals surface area contributed by atoms with Crippen LogP contribution < -0.4 is 10.1 Å². The van der Waals surface area contributed by atoms with E-state index in [1.54, 1.807) is 4.90 Å². The summed E-state index contributed by atoms with van der Waals surface area (Å²) in [5.41, 5.74) is 2.00. The van der Waals surface area contributed by atoms with Gasteiger partial charge in [-0.3, -0.25) is 4.79 Å². The number of nitrogens with zero attached hydrogens (tertiary/aromatic N) is 1. The summed E-state index contributed by atoms with van der Waals surface area (Å²) in [5, 5.41) is 3.14. The Hall–Kier alpha value is -2.49. The number of hydrogen-bond donors (Lipinski definition) is 1. The summed E-state index contributed by atoms with van der Waals surface area (Å²) in [7, 11) is 1.81. The van der Waals surface area contributed by atoms with Crippen LogP contribution in [0.4, 0.5) is 5.69 Å². The fourth-order valence-corrected chi connectivity index (χ4v) is 2.12. The molecule has 2 aromatic carbocycles. The molecule has 0 atom stereocenters. The molecule has 0 aliphatic rings. The van der Waals surface area contributed by atoms with Crippen molar-refractivity contribution in [1.82, 2.24) is 4.90 Å². The number of ether oxygens (including phenoxy) is 1. The number of benzene rings is 2. The predicted octanol–water partition coefficient (Wildman–Crippen LogP) is 3.16. The number of anilines is 1. The lowest BCUT2D eigenvalue weighted by molar-refractivity contribution is -0.128. The summed E-state index contributed by atoms with van der Waals surface area (Å²) in [6.45, 7) is 3.45. The molecule has 0 aliphatic carbocycles. The minimum absolute atomic E-state index is 0.0469. The van der Waals surface area contributed by atoms with Crippen molar-refractivity contribution in [1.29, 1.82) is 0 Å². The molecule has 0 saturated heterocycles. The van der Waals surface area contributed by atoms with Crippen LogP contribution in [0.1, 0.15) is 12.5 Å². The van der Waals surface area contributed by atoms with Crippen molar-refractivity contribution >= 4 is 11.6 Å². The van der Waals surface area contributed by atoms with Gasteiger partial charge >= 0.3 is 0 Å². The number of amides is 1. The van der Waals surface area contributed by atoms with Gasteiger partial charge in [0.25, 0.3) is 0 Å². The maximum absolute atomic E-state index is 12.2. The first-order valence-corrected chi connectivity index (χ1v) is 7.43. The molecule has 1 N–H and O–H groups in total. The van der Waals surface area contributed by atoms with Crippen molar-refractivity contribution < 1.29 is 9.53 Å². The second-order valence-electron chi connectivity index (χ2n) is 5.05. The lowest BCUT2D eigenvalue weighted by atomic mass is 10.2. The van der Waals surface area contributed by atoms with Crippen LogP contribution in [-0.4, -0.2) is 31.0 Å². The van der Waals surface area contributed by atoms with Gasteiger partial charge < -0.3 is 15.0 Å². The molecule has 116 valence electrons. The maximum atomic E-state index is 12.2. The number of carbonyl (C=O) groups excluding carboxylic acids is 1. The van der Waals surface area contributed by atoms with Gasteiger partial charge in [-0.2, -0.15) is 0 Å². The average Bonchev–Trinajstić information content (AvgIpc) is 2.54. The summed E-state index contributed by atoms with van der Waals surface area (Å²) >= 11 is 0. The Bertz CT molecular complexity index is 599. The molecule has 2 aromatic rings. The number of nitrogens with one attached hydrogen (secondary N) is 1. The van der Waals surface area contributed by atoms with Crippen LogP contribution in [0.5, 0.6) is 5.75 Å². The molecule has 0 saturated carbocycles. The predicted molar refractivity (Wildman–Crippen MR) is 89.0 cm³/mol. The van der Waals surface area contributed by atoms with Crippen LogP contribution in [0, 0.1) is 0 Å². The third-order valence-electron chi connectivity index (χ3n) is 3.28. The van der Waals surface area contributed by atoms with Crippen molar-refractivity contribution in [2.24, 2.45) is 0 Å². The first kappa shape index (κ1) is 15.9. The van der Waals surface area contributed by atoms with Gasteiger partial charge in [0.05, 0.1) is 13.2 Å². The van der Waals surface area contributed by atoms with Gasteiger partial charge in [0.15, 0.2) is 0 Å². The smallest absolute Gasteiger partial charge is 0.241 e. The van der Waals surface area contributed by atoms with Crippen molar-refractivity contribution in [3.05, 3.63) is 60.2 Å². The Morgan fingerprint density at radius 2 is 1.91 bits per heavy atom. The van der Waals surface area contributed by atoms with E-state index in [1.165, 1.54) is 0 Å². The fraction of sp³-hybridized carbons (Fsp3) is 0.278. The molecule has 0 heterocycles. The van der Waals surface area contributed by atoms with Crippen LogP contribution in [-0.2, 0) is 11.3 Å². The van der Waals surface area contributed by atoms with Gasteiger partial charge in [-0.15, -0.1) is 0 Å². The molecule has 0 aliphatic heterocycles. The van der Waals surface area contributed by atoms with E-state index in [2.05, 4.69) is 5.32 Å². The molecule has 0 aromatic heterocycles. The van der Waals surface area contributed by atoms with Gasteiger partial charge in [-0.25, -0.2) is 0 Å². The van der Waals surface area contributed by atoms with Gasteiger partial charge in [0.2, 0.25) is 5.91 Å². The average molecular weight is 298 g/mol. The summed E-state index contributed by atoms with van der Waals surface area (Å²) in [5.74, 6) is 0.850. The van der Waals surface area contributed by atoms with Crippen molar-refractivity contribution in [3.63, 3.8) is 0 Å². The van der Waals surface area contributed by atoms with E-state index >= 15 is 0 Å². The minimum Gasteiger partial charge on any atom is -0.494 e. The molecular weight excluding hydrogens is 276 g/mol. The highest BCUT2D eigenvalue weighted by Crippen LogP contribution is 2.17. The highest BCUT2D eigenvalue weighted by molar-refractivity contribution is 5.80. The maximum Gasteiger partial charge on any atom is 0.241 e. The largest absolute Gasteiger partial charge is 0.494 e. The Balaban J connectivity index is 1.85. The fourth-order valence-electron chi connectivity index (χ4n) is 2.12. The molecule has 4 nitrogen and oxygen atoms in total. The van der Waals surface area contributed by atoms with E-state index in [4.69, 9.17) is 4.74 Å². The van der Waals surface area contributed by atoms with E-state index in [-0.39, 0.29) is 12.5 Å². The molecule has 22 heavy (non-hydrogen) atoms. The van der Waals surface area contributed by atoms with Crippen LogP contribution in [0.2, 0.25) is 0 Å². The van der Waals surface area contributed by atoms with Crippen LogP contribution in [0.3, 0.4) is 0 Å². The molecule has 0 unspecified atom stereocenters. The summed E-state index contributed by atoms with van der Waals surface area (Å²) < 4.78 is 5.44. The zero-order valence-corrected chi connectivity index (χ0v) is 13.1. The number of rotatable bonds is 7. The molecule has 0 radical (unpaired) electrons. The molecule has 0 fully saturated rings. The number of likely N-dealkylation sites (N-methyl/N-ethyl adjacent to an activating group) is 1. The molecule has 0 spiro atoms. The third kappa shape index (κ3) is 4.81. The zero-order chi connectivity index (χ0) is 15.8. The van der Waals surface area contributed by atoms with E-state index in [0.717, 1.165) is 17.0 Å². The summed E-state index contributed by atoms with van der Waals surface area (Å²) in [6, 6.07) is 17.6. The van der Waals surface area contributed by atoms with Crippen molar-refractivity contribution in [2.75, 3.05) is 25.5 Å². The van der Waals surface area contributed by atoms with Crippen molar-refractivity contribution in [3.8, 4) is 5.75 Å². The Labute approximate surface area is 131 Å². The van der Waals surface area contributed by atoms with E-state index in [0.29, 0.717) is 13.2 Å². The van der Waals surface area contributed by atoms with E-state index in [1.807, 2.05) is 68.6 Å². The molecule has 4 heteroatoms. The quantitative estimate of drug-likeness (QED) is 0.853. The first-order chi connectivity index (χ1) is 10.7. The van der Waals surface area contributed by atoms with Gasteiger partial charge in [-0.05, 0) is 24.6 Å². The monoisotopic (exact) mass is 298 g/mol. The number of hydrogen-bond acceptors (Lipinski definition) is 3. The van der Waals surface area contributed by atoms with Gasteiger partial charge in [-0.1, -0.05) is 36.4 Å². The highest BCUT2D eigenvalue weighted by Gasteiger charge is 2.09. The van der Waals surface area contributed by atoms with E-state index < -0.39 is 0 Å². The van der Waals surface area contributed by atoms with Gasteiger partial charge in [0, 0.05) is 25.3 Å². The lowest BCUT2D eigenvalue weighted by Gasteiger charge is -2.18. The number of carbonyl (C=O) groups is 1. The Kier molecular flexibility index (Phi) is 5.83. The Morgan fingerprint density at radius 1 is 1.14 bits per heavy atom. The molecule has 2 rings (SSSR count). The topological polar surface area (TPSA) is 41.6 Å². The Morgan fingerprint density at radius 3 is 2.64 bits per heavy atom. The first-order valence-electron chi connectivity index (χ1n) is 7.43. The normalized spacial score (nSPS) is 10.1. The zero-order valence-electron chi connectivity index (χ0n) is 13.1. The van der Waals surface area contributed by atoms with Gasteiger partial charge in [0.1, 0.15) is 5.75 Å². The van der Waals surface area contributed by atoms with Crippen LogP contribution in [0.25, 0.3) is 0 Å². The molecular formula is C18H22N2O2. The lowest BCUT2D eigenvalue weighted by Crippen LogP contribution is -2.31. The van der Waals surface area contributed by atoms with E-state index in [9.17, 15) is 4.79 Å². The second-order valence-corrected chi connectivity index (χ2v) is 5.05. The standard InChI is InChI=1S/C18H22N2O2/c1-3-22-17-11-7-10-16(12-17)19-13-18(21)20(2)14-15-8-5-4-6-9-15/h4-12,19H,3,13-14H2,1-2H3. The highest BCUT2D eigenvalue weighted by atomic mass is 16.5. The molecule has 0 bridgehead atoms. The molecule has 1 amide bonds. The van der Waals surface area contributed by atoms with Crippen LogP contribution in [0.15, 0.2) is 54.6 Å². The van der Waals surface area contributed by atoms with Crippen LogP contribution >= 0.6 is 0 Å². The van der Waals surface area contributed by atoms with Crippen molar-refractivity contribution in [2.45, 2.75) is 13.5 Å². The minimum atomic E-state index is 0.0469. The third-order valence-corrected chi connectivity index (χ3v) is 3.28. The summed E-state index contributed by atoms with van der Waals surface area (Å²) in [6.07, 6.45) is 0. The SMILES string of the molecule is CCOc1cccc(NCC(=O)N(C)Cc2ccccc2)c1. The summed E-state index contributed by atoms with van der Waals surface area (Å²) in [4.78, 5) is 13.9.